The lowest BCUT2D eigenvalue weighted by Gasteiger charge is -2.02. The summed E-state index contributed by atoms with van der Waals surface area (Å²) in [7, 11) is 0. The van der Waals surface area contributed by atoms with Crippen LogP contribution in [0, 0.1) is 11.6 Å². The van der Waals surface area contributed by atoms with E-state index < -0.39 is 17.4 Å². The summed E-state index contributed by atoms with van der Waals surface area (Å²) in [5.74, 6) is -2.77. The van der Waals surface area contributed by atoms with Crippen LogP contribution in [0.15, 0.2) is 12.1 Å². The Morgan fingerprint density at radius 2 is 1.77 bits per heavy atom. The summed E-state index contributed by atoms with van der Waals surface area (Å²) in [5.41, 5.74) is 5.76. The normalized spacial score (nSPS) is 10.4. The van der Waals surface area contributed by atoms with Crippen molar-refractivity contribution in [2.45, 2.75) is 12.8 Å². The quantitative estimate of drug-likeness (QED) is 0.754. The molecule has 1 rings (SSSR count). The summed E-state index contributed by atoms with van der Waals surface area (Å²) in [6.07, 6.45) is 1.19. The van der Waals surface area contributed by atoms with E-state index in [4.69, 9.17) is 10.8 Å². The summed E-state index contributed by atoms with van der Waals surface area (Å²) in [6, 6.07) is 2.24. The lowest BCUT2D eigenvalue weighted by atomic mass is 10.1. The Morgan fingerprint density at radius 1 is 1.23 bits per heavy atom. The van der Waals surface area contributed by atoms with E-state index in [2.05, 4.69) is 0 Å². The molecule has 0 spiro atoms. The van der Waals surface area contributed by atoms with Gasteiger partial charge in [0.05, 0.1) is 0 Å². The van der Waals surface area contributed by atoms with Crippen molar-refractivity contribution in [3.8, 4) is 5.75 Å². The minimum Gasteiger partial charge on any atom is -0.503 e. The van der Waals surface area contributed by atoms with Crippen molar-refractivity contribution >= 4 is 0 Å². The third-order valence-electron chi connectivity index (χ3n) is 1.75. The summed E-state index contributed by atoms with van der Waals surface area (Å²) in [4.78, 5) is 0. The Labute approximate surface area is 75.0 Å². The van der Waals surface area contributed by atoms with Gasteiger partial charge in [-0.25, -0.2) is 8.78 Å². The highest BCUT2D eigenvalue weighted by molar-refractivity contribution is 5.30. The first-order valence-electron chi connectivity index (χ1n) is 4.02. The molecule has 3 N–H and O–H groups in total. The van der Waals surface area contributed by atoms with E-state index in [1.165, 1.54) is 0 Å². The van der Waals surface area contributed by atoms with Crippen LogP contribution in [0.3, 0.4) is 0 Å². The second-order valence-corrected chi connectivity index (χ2v) is 2.80. The number of hydrogen-bond acceptors (Lipinski definition) is 2. The third-order valence-corrected chi connectivity index (χ3v) is 1.75. The largest absolute Gasteiger partial charge is 0.503 e. The molecule has 0 bridgehead atoms. The van der Waals surface area contributed by atoms with Gasteiger partial charge in [-0.1, -0.05) is 0 Å². The fourth-order valence-corrected chi connectivity index (χ4v) is 1.07. The van der Waals surface area contributed by atoms with Gasteiger partial charge >= 0.3 is 0 Å². The second kappa shape index (κ2) is 4.18. The van der Waals surface area contributed by atoms with Gasteiger partial charge in [0.2, 0.25) is 0 Å². The maximum Gasteiger partial charge on any atom is 0.187 e. The average molecular weight is 187 g/mol. The molecule has 0 amide bonds. The number of halogens is 2. The van der Waals surface area contributed by atoms with Gasteiger partial charge in [-0.05, 0) is 37.1 Å². The molecule has 0 aliphatic rings. The molecule has 2 nitrogen and oxygen atoms in total. The maximum atomic E-state index is 12.7. The standard InChI is InChI=1S/C9H11F2NO/c10-7-4-6(2-1-3-12)5-8(11)9(7)13/h4-5,13H,1-3,12H2. The van der Waals surface area contributed by atoms with Crippen molar-refractivity contribution in [1.82, 2.24) is 0 Å². The topological polar surface area (TPSA) is 46.2 Å². The number of nitrogens with two attached hydrogens (primary N) is 1. The summed E-state index contributed by atoms with van der Waals surface area (Å²) in [5, 5.41) is 8.78. The number of phenolic OH excluding ortho intramolecular Hbond substituents is 1. The minimum absolute atomic E-state index is 0.476. The van der Waals surface area contributed by atoms with Crippen molar-refractivity contribution < 1.29 is 13.9 Å². The van der Waals surface area contributed by atoms with Gasteiger partial charge in [0.1, 0.15) is 0 Å². The summed E-state index contributed by atoms with van der Waals surface area (Å²) >= 11 is 0. The average Bonchev–Trinajstić information content (AvgIpc) is 2.10. The van der Waals surface area contributed by atoms with Crippen molar-refractivity contribution in [1.29, 1.82) is 0 Å². The molecule has 13 heavy (non-hydrogen) atoms. The summed E-state index contributed by atoms with van der Waals surface area (Å²) in [6.45, 7) is 0.476. The van der Waals surface area contributed by atoms with E-state index in [1.54, 1.807) is 0 Å². The van der Waals surface area contributed by atoms with Crippen LogP contribution < -0.4 is 5.73 Å². The number of benzene rings is 1. The molecule has 0 unspecified atom stereocenters. The number of hydrogen-bond donors (Lipinski definition) is 2. The van der Waals surface area contributed by atoms with Crippen molar-refractivity contribution in [2.75, 3.05) is 6.54 Å². The van der Waals surface area contributed by atoms with E-state index in [0.29, 0.717) is 24.9 Å². The van der Waals surface area contributed by atoms with Gasteiger partial charge in [-0.2, -0.15) is 0 Å². The third kappa shape index (κ3) is 2.39. The van der Waals surface area contributed by atoms with Crippen LogP contribution in [0.1, 0.15) is 12.0 Å². The molecule has 72 valence electrons. The molecule has 0 aliphatic heterocycles. The zero-order valence-electron chi connectivity index (χ0n) is 7.06. The van der Waals surface area contributed by atoms with Crippen LogP contribution in [-0.4, -0.2) is 11.7 Å². The Kier molecular flexibility index (Phi) is 3.19. The van der Waals surface area contributed by atoms with Crippen LogP contribution in [0.5, 0.6) is 5.75 Å². The van der Waals surface area contributed by atoms with Crippen molar-refractivity contribution in [3.05, 3.63) is 29.3 Å². The fraction of sp³-hybridized carbons (Fsp3) is 0.333. The summed E-state index contributed by atoms with van der Waals surface area (Å²) < 4.78 is 25.5. The molecule has 4 heteroatoms. The number of phenols is 1. The van der Waals surface area contributed by atoms with E-state index in [1.807, 2.05) is 0 Å². The van der Waals surface area contributed by atoms with Gasteiger partial charge in [0.15, 0.2) is 17.4 Å². The Hall–Kier alpha value is -1.16. The fourth-order valence-electron chi connectivity index (χ4n) is 1.07. The van der Waals surface area contributed by atoms with E-state index in [0.717, 1.165) is 12.1 Å². The first kappa shape index (κ1) is 9.92. The highest BCUT2D eigenvalue weighted by atomic mass is 19.1. The number of rotatable bonds is 3. The van der Waals surface area contributed by atoms with Gasteiger partial charge in [-0.15, -0.1) is 0 Å². The molecule has 1 aromatic rings. The van der Waals surface area contributed by atoms with Gasteiger partial charge in [0, 0.05) is 0 Å². The molecule has 0 atom stereocenters. The molecular weight excluding hydrogens is 176 g/mol. The number of aryl methyl sites for hydroxylation is 1. The molecule has 0 saturated heterocycles. The molecule has 0 aromatic heterocycles. The monoisotopic (exact) mass is 187 g/mol. The van der Waals surface area contributed by atoms with Crippen LogP contribution in [-0.2, 0) is 6.42 Å². The molecule has 0 heterocycles. The zero-order valence-corrected chi connectivity index (χ0v) is 7.06. The van der Waals surface area contributed by atoms with Crippen molar-refractivity contribution in [3.63, 3.8) is 0 Å². The van der Waals surface area contributed by atoms with Gasteiger partial charge < -0.3 is 10.8 Å². The first-order valence-corrected chi connectivity index (χ1v) is 4.02. The molecule has 0 saturated carbocycles. The lowest BCUT2D eigenvalue weighted by Crippen LogP contribution is -2.01. The molecule has 0 radical (unpaired) electrons. The predicted molar refractivity (Wildman–Crippen MR) is 45.4 cm³/mol. The van der Waals surface area contributed by atoms with E-state index in [9.17, 15) is 8.78 Å². The SMILES string of the molecule is NCCCc1cc(F)c(O)c(F)c1. The van der Waals surface area contributed by atoms with Crippen LogP contribution in [0.25, 0.3) is 0 Å². The van der Waals surface area contributed by atoms with Crippen LogP contribution in [0.2, 0.25) is 0 Å². The maximum absolute atomic E-state index is 12.7. The number of aromatic hydroxyl groups is 1. The highest BCUT2D eigenvalue weighted by Crippen LogP contribution is 2.21. The lowest BCUT2D eigenvalue weighted by molar-refractivity contribution is 0.395. The molecule has 0 aliphatic carbocycles. The zero-order chi connectivity index (χ0) is 9.84. The smallest absolute Gasteiger partial charge is 0.187 e. The molecule has 0 fully saturated rings. The molecule has 1 aromatic carbocycles. The second-order valence-electron chi connectivity index (χ2n) is 2.80. The Bertz CT molecular complexity index is 279. The molecular formula is C9H11F2NO. The van der Waals surface area contributed by atoms with Gasteiger partial charge in [0.25, 0.3) is 0 Å². The van der Waals surface area contributed by atoms with Crippen molar-refractivity contribution in [2.24, 2.45) is 5.73 Å². The van der Waals surface area contributed by atoms with E-state index >= 15 is 0 Å². The Morgan fingerprint density at radius 3 is 2.23 bits per heavy atom. The Balaban J connectivity index is 2.86. The van der Waals surface area contributed by atoms with Gasteiger partial charge in [-0.3, -0.25) is 0 Å². The van der Waals surface area contributed by atoms with Crippen LogP contribution >= 0.6 is 0 Å². The first-order chi connectivity index (χ1) is 6.15. The van der Waals surface area contributed by atoms with E-state index in [-0.39, 0.29) is 0 Å². The minimum atomic E-state index is -0.924. The predicted octanol–water partition coefficient (Wildman–Crippen LogP) is 1.56. The van der Waals surface area contributed by atoms with Crippen LogP contribution in [0.4, 0.5) is 8.78 Å². The highest BCUT2D eigenvalue weighted by Gasteiger charge is 2.08.